The lowest BCUT2D eigenvalue weighted by molar-refractivity contribution is -0.113. The van der Waals surface area contributed by atoms with Gasteiger partial charge in [0.15, 0.2) is 11.5 Å². The molecule has 1 unspecified atom stereocenters. The van der Waals surface area contributed by atoms with Crippen LogP contribution in [0.3, 0.4) is 0 Å². The van der Waals surface area contributed by atoms with Gasteiger partial charge in [-0.25, -0.2) is 4.68 Å². The lowest BCUT2D eigenvalue weighted by Gasteiger charge is -2.29. The molecule has 3 aromatic carbocycles. The van der Waals surface area contributed by atoms with Crippen molar-refractivity contribution in [3.8, 4) is 11.5 Å². The van der Waals surface area contributed by atoms with Crippen LogP contribution >= 0.6 is 35.0 Å². The van der Waals surface area contributed by atoms with Crippen LogP contribution in [0.15, 0.2) is 71.0 Å². The Bertz CT molecular complexity index is 1680. The SMILES string of the molecule is CCCSc1nc2n(n1)C(c1ccc(OCc3c(Cl)cccc3Cl)c(OC)c1)C(C(=O)Nc1cccc(C)c1C)=C(C)N2. The van der Waals surface area contributed by atoms with E-state index in [0.29, 0.717) is 49.5 Å². The first-order valence-corrected chi connectivity index (χ1v) is 15.6. The van der Waals surface area contributed by atoms with Crippen LogP contribution in [0, 0.1) is 13.8 Å². The zero-order chi connectivity index (χ0) is 30.7. The van der Waals surface area contributed by atoms with Crippen LogP contribution in [0.1, 0.15) is 48.6 Å². The highest BCUT2D eigenvalue weighted by atomic mass is 35.5. The van der Waals surface area contributed by atoms with Crippen LogP contribution in [0.2, 0.25) is 10.0 Å². The van der Waals surface area contributed by atoms with Crippen LogP contribution in [-0.2, 0) is 11.4 Å². The number of carbonyl (C=O) groups excluding carboxylic acids is 1. The van der Waals surface area contributed by atoms with Crippen molar-refractivity contribution in [1.82, 2.24) is 14.8 Å². The molecule has 0 saturated carbocycles. The van der Waals surface area contributed by atoms with Gasteiger partial charge in [0.1, 0.15) is 12.6 Å². The summed E-state index contributed by atoms with van der Waals surface area (Å²) in [5.74, 6) is 2.22. The van der Waals surface area contributed by atoms with Crippen molar-refractivity contribution in [2.75, 3.05) is 23.5 Å². The fraction of sp³-hybridized carbons (Fsp3) is 0.281. The number of hydrogen-bond acceptors (Lipinski definition) is 7. The number of fused-ring (bicyclic) bond motifs is 1. The third-order valence-electron chi connectivity index (χ3n) is 7.30. The monoisotopic (exact) mass is 637 g/mol. The number of thioether (sulfide) groups is 1. The Morgan fingerprint density at radius 2 is 1.81 bits per heavy atom. The Balaban J connectivity index is 1.53. The number of allylic oxidation sites excluding steroid dienone is 1. The highest BCUT2D eigenvalue weighted by Gasteiger charge is 2.35. The van der Waals surface area contributed by atoms with Gasteiger partial charge in [0.05, 0.1) is 12.7 Å². The minimum absolute atomic E-state index is 0.162. The molecule has 0 aliphatic carbocycles. The summed E-state index contributed by atoms with van der Waals surface area (Å²) in [7, 11) is 1.58. The molecule has 0 fully saturated rings. The van der Waals surface area contributed by atoms with E-state index >= 15 is 0 Å². The van der Waals surface area contributed by atoms with Crippen molar-refractivity contribution < 1.29 is 14.3 Å². The van der Waals surface area contributed by atoms with E-state index in [0.717, 1.165) is 34.6 Å². The zero-order valence-corrected chi connectivity index (χ0v) is 27.0. The molecule has 0 bridgehead atoms. The molecule has 224 valence electrons. The average Bonchev–Trinajstić information content (AvgIpc) is 3.39. The second-order valence-corrected chi connectivity index (χ2v) is 12.1. The summed E-state index contributed by atoms with van der Waals surface area (Å²) in [6.07, 6.45) is 0.990. The molecule has 0 spiro atoms. The standard InChI is InChI=1S/C32H33Cl2N5O3S/c1-6-15-43-32-37-31-35-20(4)28(30(40)36-25-12-7-9-18(2)19(25)3)29(39(31)38-32)21-13-14-26(27(16-21)41-5)42-17-22-23(33)10-8-11-24(22)34/h7-14,16,29H,6,15,17H2,1-5H3,(H,36,40)(H,35,37,38). The number of methoxy groups -OCH3 is 1. The first-order chi connectivity index (χ1) is 20.7. The molecular weight excluding hydrogens is 605 g/mol. The Morgan fingerprint density at radius 1 is 1.07 bits per heavy atom. The molecule has 11 heteroatoms. The van der Waals surface area contributed by atoms with Crippen molar-refractivity contribution in [3.63, 3.8) is 0 Å². The number of halogens is 2. The Kier molecular flexibility index (Phi) is 9.54. The maximum atomic E-state index is 14.0. The number of aromatic nitrogens is 3. The van der Waals surface area contributed by atoms with E-state index in [9.17, 15) is 4.79 Å². The van der Waals surface area contributed by atoms with Gasteiger partial charge in [-0.1, -0.05) is 66.2 Å². The van der Waals surface area contributed by atoms with E-state index in [-0.39, 0.29) is 12.5 Å². The predicted octanol–water partition coefficient (Wildman–Crippen LogP) is 8.22. The van der Waals surface area contributed by atoms with Crippen LogP contribution in [-0.4, -0.2) is 33.5 Å². The maximum Gasteiger partial charge on any atom is 0.255 e. The fourth-order valence-corrected chi connectivity index (χ4v) is 6.05. The molecule has 5 rings (SSSR count). The van der Waals surface area contributed by atoms with Crippen LogP contribution in [0.25, 0.3) is 0 Å². The number of carbonyl (C=O) groups is 1. The quantitative estimate of drug-likeness (QED) is 0.169. The summed E-state index contributed by atoms with van der Waals surface area (Å²) in [6.45, 7) is 8.17. The van der Waals surface area contributed by atoms with Crippen molar-refractivity contribution in [1.29, 1.82) is 0 Å². The first-order valence-electron chi connectivity index (χ1n) is 13.9. The smallest absolute Gasteiger partial charge is 0.255 e. The molecule has 1 aliphatic heterocycles. The van der Waals surface area contributed by atoms with Gasteiger partial charge in [-0.2, -0.15) is 4.98 Å². The van der Waals surface area contributed by atoms with Crippen LogP contribution < -0.4 is 20.1 Å². The summed E-state index contributed by atoms with van der Waals surface area (Å²) in [6, 6.07) is 16.2. The summed E-state index contributed by atoms with van der Waals surface area (Å²) < 4.78 is 13.6. The third kappa shape index (κ3) is 6.49. The molecule has 1 atom stereocenters. The summed E-state index contributed by atoms with van der Waals surface area (Å²) >= 11 is 14.3. The second-order valence-electron chi connectivity index (χ2n) is 10.2. The molecule has 1 aliphatic rings. The molecule has 0 saturated heterocycles. The van der Waals surface area contributed by atoms with Gasteiger partial charge in [-0.3, -0.25) is 4.79 Å². The molecule has 1 aromatic heterocycles. The number of rotatable bonds is 10. The van der Waals surface area contributed by atoms with E-state index in [4.69, 9.17) is 42.8 Å². The largest absolute Gasteiger partial charge is 0.493 e. The normalized spacial score (nSPS) is 14.3. The molecule has 8 nitrogen and oxygen atoms in total. The van der Waals surface area contributed by atoms with Gasteiger partial charge >= 0.3 is 0 Å². The van der Waals surface area contributed by atoms with Crippen molar-refractivity contribution in [2.45, 2.75) is 51.9 Å². The number of nitrogens with one attached hydrogen (secondary N) is 2. The van der Waals surface area contributed by atoms with Crippen LogP contribution in [0.5, 0.6) is 11.5 Å². The number of amides is 1. The van der Waals surface area contributed by atoms with E-state index in [2.05, 4.69) is 17.6 Å². The van der Waals surface area contributed by atoms with Gasteiger partial charge in [0, 0.05) is 32.7 Å². The van der Waals surface area contributed by atoms with Gasteiger partial charge in [-0.05, 0) is 74.2 Å². The highest BCUT2D eigenvalue weighted by molar-refractivity contribution is 7.99. The summed E-state index contributed by atoms with van der Waals surface area (Å²) in [5.41, 5.74) is 5.53. The number of aryl methyl sites for hydroxylation is 1. The van der Waals surface area contributed by atoms with Crippen molar-refractivity contribution in [3.05, 3.63) is 98.2 Å². The Labute approximate surface area is 265 Å². The first kappa shape index (κ1) is 30.8. The van der Waals surface area contributed by atoms with Crippen molar-refractivity contribution >= 4 is 52.5 Å². The van der Waals surface area contributed by atoms with Crippen molar-refractivity contribution in [2.24, 2.45) is 0 Å². The van der Waals surface area contributed by atoms with E-state index in [1.807, 2.05) is 57.2 Å². The molecule has 43 heavy (non-hydrogen) atoms. The summed E-state index contributed by atoms with van der Waals surface area (Å²) in [4.78, 5) is 18.7. The number of nitrogens with zero attached hydrogens (tertiary/aromatic N) is 3. The minimum atomic E-state index is -0.578. The fourth-order valence-electron chi connectivity index (χ4n) is 4.86. The highest BCUT2D eigenvalue weighted by Crippen LogP contribution is 2.40. The van der Waals surface area contributed by atoms with E-state index in [1.54, 1.807) is 41.8 Å². The molecule has 2 N–H and O–H groups in total. The number of benzene rings is 3. The zero-order valence-electron chi connectivity index (χ0n) is 24.6. The number of anilines is 2. The van der Waals surface area contributed by atoms with Crippen LogP contribution in [0.4, 0.5) is 11.6 Å². The lowest BCUT2D eigenvalue weighted by Crippen LogP contribution is -2.31. The molecule has 0 radical (unpaired) electrons. The Hall–Kier alpha value is -3.66. The minimum Gasteiger partial charge on any atom is -0.493 e. The second kappa shape index (κ2) is 13.3. The molecule has 4 aromatic rings. The molecular formula is C32H33Cl2N5O3S. The summed E-state index contributed by atoms with van der Waals surface area (Å²) in [5, 5.41) is 12.9. The Morgan fingerprint density at radius 3 is 2.53 bits per heavy atom. The van der Waals surface area contributed by atoms with Gasteiger partial charge in [-0.15, -0.1) is 5.10 Å². The third-order valence-corrected chi connectivity index (χ3v) is 9.05. The van der Waals surface area contributed by atoms with E-state index < -0.39 is 6.04 Å². The van der Waals surface area contributed by atoms with Gasteiger partial charge < -0.3 is 20.1 Å². The molecule has 2 heterocycles. The number of hydrogen-bond donors (Lipinski definition) is 2. The maximum absolute atomic E-state index is 14.0. The lowest BCUT2D eigenvalue weighted by atomic mass is 9.94. The topological polar surface area (TPSA) is 90.3 Å². The number of ether oxygens (including phenoxy) is 2. The van der Waals surface area contributed by atoms with Gasteiger partial charge in [0.25, 0.3) is 5.91 Å². The van der Waals surface area contributed by atoms with Gasteiger partial charge in [0.2, 0.25) is 11.1 Å². The predicted molar refractivity (Wildman–Crippen MR) is 174 cm³/mol. The van der Waals surface area contributed by atoms with E-state index in [1.165, 1.54) is 0 Å². The average molecular weight is 639 g/mol. The molecule has 1 amide bonds.